The van der Waals surface area contributed by atoms with Crippen LogP contribution in [0.3, 0.4) is 0 Å². The number of hydrogen-bond donors (Lipinski definition) is 1. The molecule has 2 aromatic carbocycles. The molecule has 3 rings (SSSR count). The molecule has 0 spiro atoms. The Morgan fingerprint density at radius 1 is 1.08 bits per heavy atom. The summed E-state index contributed by atoms with van der Waals surface area (Å²) in [5.41, 5.74) is 0.570. The van der Waals surface area contributed by atoms with Gasteiger partial charge in [0.25, 0.3) is 0 Å². The number of hydrogen-bond acceptors (Lipinski definition) is 5. The van der Waals surface area contributed by atoms with Gasteiger partial charge < -0.3 is 15.0 Å². The van der Waals surface area contributed by atoms with E-state index in [1.54, 1.807) is 31.2 Å². The Hall–Kier alpha value is -2.20. The maximum Gasteiger partial charge on any atom is 0.244 e. The molecule has 0 aliphatic heterocycles. The van der Waals surface area contributed by atoms with Crippen molar-refractivity contribution in [3.8, 4) is 5.75 Å². The van der Waals surface area contributed by atoms with Crippen molar-refractivity contribution in [1.29, 1.82) is 0 Å². The molecule has 0 unspecified atom stereocenters. The van der Waals surface area contributed by atoms with E-state index in [9.17, 15) is 18.0 Å². The molecule has 39 heavy (non-hydrogen) atoms. The Bertz CT molecular complexity index is 1270. The highest BCUT2D eigenvalue weighted by atomic mass is 35.5. The van der Waals surface area contributed by atoms with E-state index in [-0.39, 0.29) is 35.0 Å². The molecular formula is C27H34Cl3N3O5S. The Morgan fingerprint density at radius 3 is 2.28 bits per heavy atom. The summed E-state index contributed by atoms with van der Waals surface area (Å²) >= 11 is 19.0. The van der Waals surface area contributed by atoms with Gasteiger partial charge >= 0.3 is 0 Å². The van der Waals surface area contributed by atoms with E-state index >= 15 is 0 Å². The van der Waals surface area contributed by atoms with E-state index in [2.05, 4.69) is 5.32 Å². The summed E-state index contributed by atoms with van der Waals surface area (Å²) in [5, 5.41) is 4.03. The molecule has 2 aromatic rings. The van der Waals surface area contributed by atoms with E-state index in [4.69, 9.17) is 39.5 Å². The van der Waals surface area contributed by atoms with E-state index in [1.165, 1.54) is 24.1 Å². The number of carbonyl (C=O) groups is 2. The van der Waals surface area contributed by atoms with Gasteiger partial charge in [-0.15, -0.1) is 0 Å². The van der Waals surface area contributed by atoms with Crippen LogP contribution in [-0.4, -0.2) is 57.1 Å². The molecule has 1 N–H and O–H groups in total. The van der Waals surface area contributed by atoms with Crippen LogP contribution < -0.4 is 14.4 Å². The molecule has 1 atom stereocenters. The Morgan fingerprint density at radius 2 is 1.72 bits per heavy atom. The number of amides is 2. The zero-order chi connectivity index (χ0) is 28.7. The number of ether oxygens (including phenoxy) is 1. The minimum Gasteiger partial charge on any atom is -0.495 e. The lowest BCUT2D eigenvalue weighted by atomic mass is 9.95. The molecular weight excluding hydrogens is 585 g/mol. The molecule has 1 saturated carbocycles. The maximum absolute atomic E-state index is 14.0. The first-order valence-corrected chi connectivity index (χ1v) is 15.8. The lowest BCUT2D eigenvalue weighted by molar-refractivity contribution is -0.140. The molecule has 1 aliphatic rings. The highest BCUT2D eigenvalue weighted by Gasteiger charge is 2.34. The van der Waals surface area contributed by atoms with Gasteiger partial charge in [-0.05, 0) is 49.6 Å². The fraction of sp³-hybridized carbons (Fsp3) is 0.481. The van der Waals surface area contributed by atoms with E-state index in [0.29, 0.717) is 22.0 Å². The molecule has 2 amide bonds. The first kappa shape index (κ1) is 31.3. The van der Waals surface area contributed by atoms with Gasteiger partial charge in [0, 0.05) is 33.2 Å². The third kappa shape index (κ3) is 8.16. The number of methoxy groups -OCH3 is 1. The first-order valence-electron chi connectivity index (χ1n) is 12.8. The number of rotatable bonds is 11. The average molecular weight is 619 g/mol. The highest BCUT2D eigenvalue weighted by Crippen LogP contribution is 2.33. The van der Waals surface area contributed by atoms with Crippen molar-refractivity contribution in [1.82, 2.24) is 10.2 Å². The lowest BCUT2D eigenvalue weighted by Gasteiger charge is -2.34. The zero-order valence-corrected chi connectivity index (χ0v) is 25.3. The predicted molar refractivity (Wildman–Crippen MR) is 156 cm³/mol. The van der Waals surface area contributed by atoms with E-state index < -0.39 is 28.5 Å². The molecule has 1 aliphatic carbocycles. The standard InChI is InChI=1S/C27H34Cl3N3O5S/c1-4-23(27(35)31-19-9-6-5-7-10-19)32(16-20-21(29)11-8-12-22(20)30)26(34)17-33(39(3,36)37)24-15-18(28)13-14-25(24)38-2/h8,11-15,19,23H,4-7,9-10,16-17H2,1-3H3,(H,31,35)/t23-/m1/s1. The molecule has 0 aromatic heterocycles. The molecule has 214 valence electrons. The van der Waals surface area contributed by atoms with Gasteiger partial charge in [0.05, 0.1) is 19.1 Å². The van der Waals surface area contributed by atoms with Gasteiger partial charge in [0.2, 0.25) is 21.8 Å². The van der Waals surface area contributed by atoms with E-state index in [0.717, 1.165) is 42.7 Å². The van der Waals surface area contributed by atoms with Gasteiger partial charge in [0.1, 0.15) is 18.3 Å². The Labute approximate surface area is 245 Å². The molecule has 0 bridgehead atoms. The van der Waals surface area contributed by atoms with Gasteiger partial charge in [-0.25, -0.2) is 8.42 Å². The maximum atomic E-state index is 14.0. The Kier molecular flexibility index (Phi) is 11.2. The van der Waals surface area contributed by atoms with Crippen molar-refractivity contribution in [2.24, 2.45) is 0 Å². The van der Waals surface area contributed by atoms with Crippen LogP contribution in [0.1, 0.15) is 51.0 Å². The molecule has 0 heterocycles. The summed E-state index contributed by atoms with van der Waals surface area (Å²) in [6, 6.07) is 8.62. The van der Waals surface area contributed by atoms with Crippen LogP contribution in [0.4, 0.5) is 5.69 Å². The van der Waals surface area contributed by atoms with Crippen LogP contribution in [0, 0.1) is 0 Å². The highest BCUT2D eigenvalue weighted by molar-refractivity contribution is 7.92. The van der Waals surface area contributed by atoms with Crippen LogP contribution in [-0.2, 0) is 26.2 Å². The summed E-state index contributed by atoms with van der Waals surface area (Å²) in [5.74, 6) is -0.684. The number of anilines is 1. The quantitative estimate of drug-likeness (QED) is 0.350. The number of benzene rings is 2. The van der Waals surface area contributed by atoms with Crippen LogP contribution >= 0.6 is 34.8 Å². The van der Waals surface area contributed by atoms with Crippen LogP contribution in [0.5, 0.6) is 5.75 Å². The van der Waals surface area contributed by atoms with Crippen molar-refractivity contribution in [2.75, 3.05) is 24.2 Å². The summed E-state index contributed by atoms with van der Waals surface area (Å²) < 4.78 is 32.1. The number of nitrogens with zero attached hydrogens (tertiary/aromatic N) is 2. The fourth-order valence-electron chi connectivity index (χ4n) is 4.77. The van der Waals surface area contributed by atoms with Gasteiger partial charge in [-0.2, -0.15) is 0 Å². The molecule has 0 radical (unpaired) electrons. The summed E-state index contributed by atoms with van der Waals surface area (Å²) in [7, 11) is -2.57. The fourth-order valence-corrected chi connectivity index (χ4v) is 6.30. The number of nitrogens with one attached hydrogen (secondary N) is 1. The minimum absolute atomic E-state index is 0.0318. The second kappa shape index (κ2) is 13.9. The van der Waals surface area contributed by atoms with Gasteiger partial charge in [-0.3, -0.25) is 13.9 Å². The summed E-state index contributed by atoms with van der Waals surface area (Å²) in [4.78, 5) is 28.8. The van der Waals surface area contributed by atoms with Crippen molar-refractivity contribution >= 4 is 62.3 Å². The second-order valence-corrected chi connectivity index (χ2v) is 12.7. The number of carbonyl (C=O) groups excluding carboxylic acids is 2. The molecule has 0 saturated heterocycles. The minimum atomic E-state index is -3.97. The van der Waals surface area contributed by atoms with Gasteiger partial charge in [0.15, 0.2) is 0 Å². The first-order chi connectivity index (χ1) is 18.5. The predicted octanol–water partition coefficient (Wildman–Crippen LogP) is 5.68. The van der Waals surface area contributed by atoms with Crippen LogP contribution in [0.25, 0.3) is 0 Å². The van der Waals surface area contributed by atoms with E-state index in [1.807, 2.05) is 0 Å². The lowest BCUT2D eigenvalue weighted by Crippen LogP contribution is -2.54. The van der Waals surface area contributed by atoms with Crippen LogP contribution in [0.2, 0.25) is 15.1 Å². The zero-order valence-electron chi connectivity index (χ0n) is 22.3. The van der Waals surface area contributed by atoms with Crippen molar-refractivity contribution < 1.29 is 22.7 Å². The summed E-state index contributed by atoms with van der Waals surface area (Å²) in [6.07, 6.45) is 6.24. The third-order valence-electron chi connectivity index (χ3n) is 6.82. The summed E-state index contributed by atoms with van der Waals surface area (Å²) in [6.45, 7) is 1.12. The van der Waals surface area contributed by atoms with Crippen molar-refractivity contribution in [2.45, 2.75) is 64.1 Å². The van der Waals surface area contributed by atoms with Gasteiger partial charge in [-0.1, -0.05) is 67.1 Å². The molecule has 8 nitrogen and oxygen atoms in total. The second-order valence-electron chi connectivity index (χ2n) is 9.58. The van der Waals surface area contributed by atoms with Crippen molar-refractivity contribution in [3.63, 3.8) is 0 Å². The van der Waals surface area contributed by atoms with Crippen molar-refractivity contribution in [3.05, 3.63) is 57.0 Å². The monoisotopic (exact) mass is 617 g/mol. The average Bonchev–Trinajstić information content (AvgIpc) is 2.88. The SMILES string of the molecule is CC[C@H](C(=O)NC1CCCCC1)N(Cc1c(Cl)cccc1Cl)C(=O)CN(c1cc(Cl)ccc1OC)S(C)(=O)=O. The number of sulfonamides is 1. The number of halogens is 3. The smallest absolute Gasteiger partial charge is 0.244 e. The molecule has 1 fully saturated rings. The normalized spacial score (nSPS) is 14.9. The largest absolute Gasteiger partial charge is 0.495 e. The topological polar surface area (TPSA) is 96.0 Å². The molecule has 12 heteroatoms. The Balaban J connectivity index is 2.01. The third-order valence-corrected chi connectivity index (χ3v) is 8.89. The van der Waals surface area contributed by atoms with Crippen LogP contribution in [0.15, 0.2) is 36.4 Å².